The Balaban J connectivity index is 2.71. The minimum Gasteiger partial charge on any atom is -0.208 e. The summed E-state index contributed by atoms with van der Waals surface area (Å²) in [6.45, 7) is 3.62. The molecule has 0 saturated heterocycles. The Morgan fingerprint density at radius 2 is 2.00 bits per heavy atom. The van der Waals surface area contributed by atoms with E-state index in [2.05, 4.69) is 4.72 Å². The van der Waals surface area contributed by atoms with Gasteiger partial charge in [0.1, 0.15) is 0 Å². The highest BCUT2D eigenvalue weighted by atomic mass is 32.2. The smallest absolute Gasteiger partial charge is 0.208 e. The zero-order chi connectivity index (χ0) is 13.6. The second-order valence-corrected chi connectivity index (χ2v) is 5.74. The molecule has 0 saturated carbocycles. The quantitative estimate of drug-likeness (QED) is 0.886. The van der Waals surface area contributed by atoms with E-state index in [4.69, 9.17) is 5.26 Å². The average molecular weight is 264 g/mol. The van der Waals surface area contributed by atoms with Crippen LogP contribution >= 0.6 is 0 Å². The molecule has 0 spiro atoms. The van der Waals surface area contributed by atoms with Crippen LogP contribution < -0.4 is 4.72 Å². The van der Waals surface area contributed by atoms with Crippen LogP contribution in [0, 0.1) is 18.3 Å². The summed E-state index contributed by atoms with van der Waals surface area (Å²) in [6, 6.07) is 9.06. The lowest BCUT2D eigenvalue weighted by Crippen LogP contribution is -2.30. The maximum Gasteiger partial charge on any atom is 0.234 e. The number of nitriles is 1. The summed E-state index contributed by atoms with van der Waals surface area (Å²) in [5, 5.41) is 9.58. The van der Waals surface area contributed by atoms with Crippen molar-refractivity contribution in [3.63, 3.8) is 0 Å². The van der Waals surface area contributed by atoms with Gasteiger partial charge in [-0.15, -0.1) is 0 Å². The number of benzene rings is 1. The van der Waals surface area contributed by atoms with Crippen LogP contribution in [0.5, 0.6) is 0 Å². The molecule has 1 atom stereocenters. The van der Waals surface area contributed by atoms with E-state index in [-0.39, 0.29) is 12.5 Å². The van der Waals surface area contributed by atoms with Crippen LogP contribution in [0.4, 0.5) is 0 Å². The van der Waals surface area contributed by atoms with E-state index in [9.17, 15) is 8.42 Å². The van der Waals surface area contributed by atoms with E-state index in [0.717, 1.165) is 16.5 Å². The predicted octanol–water partition coefficient (Wildman–Crippen LogP) is 2.19. The van der Waals surface area contributed by atoms with Crippen molar-refractivity contribution in [3.05, 3.63) is 40.8 Å². The van der Waals surface area contributed by atoms with Crippen LogP contribution in [0.25, 0.3) is 6.08 Å². The summed E-state index contributed by atoms with van der Waals surface area (Å²) in [5.41, 5.74) is 1.94. The van der Waals surface area contributed by atoms with E-state index in [1.165, 1.54) is 6.08 Å². The van der Waals surface area contributed by atoms with Gasteiger partial charge in [-0.1, -0.05) is 29.8 Å². The molecule has 18 heavy (non-hydrogen) atoms. The van der Waals surface area contributed by atoms with Gasteiger partial charge >= 0.3 is 0 Å². The van der Waals surface area contributed by atoms with E-state index in [0.29, 0.717) is 0 Å². The largest absolute Gasteiger partial charge is 0.234 e. The molecule has 0 radical (unpaired) electrons. The molecule has 1 rings (SSSR count). The Labute approximate surface area is 108 Å². The zero-order valence-corrected chi connectivity index (χ0v) is 11.2. The number of nitrogens with zero attached hydrogens (tertiary/aromatic N) is 1. The second kappa shape index (κ2) is 6.34. The van der Waals surface area contributed by atoms with Gasteiger partial charge in [-0.25, -0.2) is 13.1 Å². The van der Waals surface area contributed by atoms with Gasteiger partial charge in [-0.3, -0.25) is 0 Å². The molecule has 0 bridgehead atoms. The summed E-state index contributed by atoms with van der Waals surface area (Å²) in [4.78, 5) is 0. The summed E-state index contributed by atoms with van der Waals surface area (Å²) in [6.07, 6.45) is 1.68. The maximum atomic E-state index is 11.6. The summed E-state index contributed by atoms with van der Waals surface area (Å²) >= 11 is 0. The molecule has 96 valence electrons. The van der Waals surface area contributed by atoms with Crippen molar-refractivity contribution in [1.82, 2.24) is 4.72 Å². The third-order valence-corrected chi connectivity index (χ3v) is 3.51. The maximum absolute atomic E-state index is 11.6. The standard InChI is InChI=1S/C13H16N2O2S/c1-11-3-5-13(6-4-11)8-10-18(16,17)15-12(2)7-9-14/h3-6,8,10,12,15H,7H2,1-2H3/b10-8-/t12-/m1/s1. The lowest BCUT2D eigenvalue weighted by Gasteiger charge is -2.07. The third kappa shape index (κ3) is 5.13. The molecule has 0 aromatic heterocycles. The molecular weight excluding hydrogens is 248 g/mol. The van der Waals surface area contributed by atoms with Gasteiger partial charge in [-0.2, -0.15) is 5.26 Å². The van der Waals surface area contributed by atoms with Crippen LogP contribution in [0.1, 0.15) is 24.5 Å². The Morgan fingerprint density at radius 3 is 2.56 bits per heavy atom. The van der Waals surface area contributed by atoms with Crippen molar-refractivity contribution < 1.29 is 8.42 Å². The Bertz CT molecular complexity index is 554. The number of sulfonamides is 1. The van der Waals surface area contributed by atoms with Crippen molar-refractivity contribution in [1.29, 1.82) is 5.26 Å². The molecule has 0 unspecified atom stereocenters. The molecule has 0 heterocycles. The molecule has 4 nitrogen and oxygen atoms in total. The van der Waals surface area contributed by atoms with Gasteiger partial charge in [0.05, 0.1) is 12.5 Å². The third-order valence-electron chi connectivity index (χ3n) is 2.28. The van der Waals surface area contributed by atoms with Crippen molar-refractivity contribution >= 4 is 16.1 Å². The van der Waals surface area contributed by atoms with E-state index < -0.39 is 10.0 Å². The normalized spacial score (nSPS) is 13.4. The average Bonchev–Trinajstić information content (AvgIpc) is 2.28. The monoisotopic (exact) mass is 264 g/mol. The number of aryl methyl sites for hydroxylation is 1. The SMILES string of the molecule is Cc1ccc(/C=C\S(=O)(=O)N[C@H](C)CC#N)cc1. The fourth-order valence-corrected chi connectivity index (χ4v) is 2.40. The first kappa shape index (κ1) is 14.4. The molecule has 0 aliphatic rings. The topological polar surface area (TPSA) is 70.0 Å². The van der Waals surface area contributed by atoms with E-state index >= 15 is 0 Å². The Morgan fingerprint density at radius 1 is 1.39 bits per heavy atom. The second-order valence-electron chi connectivity index (χ2n) is 4.14. The fraction of sp³-hybridized carbons (Fsp3) is 0.308. The molecule has 0 aliphatic carbocycles. The highest BCUT2D eigenvalue weighted by Crippen LogP contribution is 2.06. The summed E-state index contributed by atoms with van der Waals surface area (Å²) in [5.74, 6) is 0. The minimum atomic E-state index is -3.49. The number of rotatable bonds is 5. The number of hydrogen-bond donors (Lipinski definition) is 1. The van der Waals surface area contributed by atoms with Crippen LogP contribution in [-0.4, -0.2) is 14.5 Å². The van der Waals surface area contributed by atoms with Crippen LogP contribution in [0.15, 0.2) is 29.7 Å². The lowest BCUT2D eigenvalue weighted by atomic mass is 10.2. The minimum absolute atomic E-state index is 0.150. The zero-order valence-electron chi connectivity index (χ0n) is 10.4. The summed E-state index contributed by atoms with van der Waals surface area (Å²) in [7, 11) is -3.49. The van der Waals surface area contributed by atoms with Crippen LogP contribution in [0.3, 0.4) is 0 Å². The van der Waals surface area contributed by atoms with Crippen molar-refractivity contribution in [2.24, 2.45) is 0 Å². The van der Waals surface area contributed by atoms with Gasteiger partial charge < -0.3 is 0 Å². The molecule has 0 amide bonds. The number of hydrogen-bond acceptors (Lipinski definition) is 3. The van der Waals surface area contributed by atoms with Gasteiger partial charge in [0.15, 0.2) is 0 Å². The van der Waals surface area contributed by atoms with Crippen molar-refractivity contribution in [2.75, 3.05) is 0 Å². The van der Waals surface area contributed by atoms with Gasteiger partial charge in [0, 0.05) is 11.4 Å². The fourth-order valence-electron chi connectivity index (χ4n) is 1.34. The Kier molecular flexibility index (Phi) is 5.08. The molecule has 0 fully saturated rings. The van der Waals surface area contributed by atoms with Gasteiger partial charge in [0.25, 0.3) is 0 Å². The Hall–Kier alpha value is -1.64. The van der Waals surface area contributed by atoms with E-state index in [1.54, 1.807) is 6.92 Å². The highest BCUT2D eigenvalue weighted by Gasteiger charge is 2.10. The first-order chi connectivity index (χ1) is 8.43. The van der Waals surface area contributed by atoms with E-state index in [1.807, 2.05) is 37.3 Å². The first-order valence-corrected chi connectivity index (χ1v) is 7.11. The van der Waals surface area contributed by atoms with Gasteiger partial charge in [-0.05, 0) is 25.5 Å². The van der Waals surface area contributed by atoms with Crippen molar-refractivity contribution in [3.8, 4) is 6.07 Å². The molecular formula is C13H16N2O2S. The van der Waals surface area contributed by atoms with Gasteiger partial charge in [0.2, 0.25) is 10.0 Å². The predicted molar refractivity (Wildman–Crippen MR) is 72.0 cm³/mol. The van der Waals surface area contributed by atoms with Crippen LogP contribution in [0.2, 0.25) is 0 Å². The first-order valence-electron chi connectivity index (χ1n) is 5.57. The number of nitrogens with one attached hydrogen (secondary N) is 1. The molecule has 1 N–H and O–H groups in total. The highest BCUT2D eigenvalue weighted by molar-refractivity contribution is 7.92. The summed E-state index contributed by atoms with van der Waals surface area (Å²) < 4.78 is 25.7. The molecule has 5 heteroatoms. The van der Waals surface area contributed by atoms with Crippen LogP contribution in [-0.2, 0) is 10.0 Å². The molecule has 0 aliphatic heterocycles. The van der Waals surface area contributed by atoms with Crippen molar-refractivity contribution in [2.45, 2.75) is 26.3 Å². The lowest BCUT2D eigenvalue weighted by molar-refractivity contribution is 0.572. The molecule has 1 aromatic rings. The molecule has 1 aromatic carbocycles.